The largest absolute Gasteiger partial charge is 0.465 e. The van der Waals surface area contributed by atoms with Crippen LogP contribution in [0.3, 0.4) is 0 Å². The van der Waals surface area contributed by atoms with Crippen LogP contribution in [0.4, 0.5) is 5.69 Å². The summed E-state index contributed by atoms with van der Waals surface area (Å²) in [5.74, 6) is -0.527. The number of carbonyl (C=O) groups excluding carboxylic acids is 2. The molecule has 0 aliphatic rings. The molecule has 3 N–H and O–H groups in total. The highest BCUT2D eigenvalue weighted by Crippen LogP contribution is 2.11. The van der Waals surface area contributed by atoms with Crippen LogP contribution in [0.1, 0.15) is 19.4 Å². The van der Waals surface area contributed by atoms with Gasteiger partial charge in [-0.15, -0.1) is 0 Å². The molecule has 6 nitrogen and oxygen atoms in total. The van der Waals surface area contributed by atoms with E-state index in [1.54, 1.807) is 31.9 Å². The fourth-order valence-electron chi connectivity index (χ4n) is 1.77. The highest BCUT2D eigenvalue weighted by molar-refractivity contribution is 5.94. The van der Waals surface area contributed by atoms with E-state index in [2.05, 4.69) is 5.32 Å². The lowest BCUT2D eigenvalue weighted by Gasteiger charge is -2.22. The van der Waals surface area contributed by atoms with E-state index in [0.717, 1.165) is 5.56 Å². The van der Waals surface area contributed by atoms with E-state index in [1.165, 1.54) is 0 Å². The third-order valence-electron chi connectivity index (χ3n) is 3.15. The average Bonchev–Trinajstić information content (AvgIpc) is 2.46. The van der Waals surface area contributed by atoms with E-state index in [1.807, 2.05) is 18.2 Å². The predicted molar refractivity (Wildman–Crippen MR) is 81.7 cm³/mol. The van der Waals surface area contributed by atoms with Gasteiger partial charge >= 0.3 is 5.97 Å². The molecular formula is C15H23N3O3. The van der Waals surface area contributed by atoms with Gasteiger partial charge in [-0.3, -0.25) is 14.5 Å². The maximum absolute atomic E-state index is 12.2. The predicted octanol–water partition coefficient (Wildman–Crippen LogP) is 0.967. The first-order valence-corrected chi connectivity index (χ1v) is 6.93. The zero-order valence-corrected chi connectivity index (χ0v) is 12.8. The van der Waals surface area contributed by atoms with E-state index in [-0.39, 0.29) is 18.4 Å². The second-order valence-corrected chi connectivity index (χ2v) is 4.79. The van der Waals surface area contributed by atoms with Crippen LogP contribution in [0.2, 0.25) is 0 Å². The van der Waals surface area contributed by atoms with Crippen molar-refractivity contribution in [2.45, 2.75) is 26.4 Å². The molecule has 0 saturated heterocycles. The lowest BCUT2D eigenvalue weighted by atomic mass is 10.2. The van der Waals surface area contributed by atoms with Crippen LogP contribution >= 0.6 is 0 Å². The quantitative estimate of drug-likeness (QED) is 0.732. The van der Waals surface area contributed by atoms with Gasteiger partial charge in [-0.25, -0.2) is 0 Å². The second-order valence-electron chi connectivity index (χ2n) is 4.79. The van der Waals surface area contributed by atoms with Crippen LogP contribution in [0.15, 0.2) is 24.3 Å². The van der Waals surface area contributed by atoms with Crippen LogP contribution in [-0.4, -0.2) is 43.0 Å². The zero-order chi connectivity index (χ0) is 15.8. The summed E-state index contributed by atoms with van der Waals surface area (Å²) in [7, 11) is 1.71. The Morgan fingerprint density at radius 1 is 1.43 bits per heavy atom. The molecule has 1 aromatic carbocycles. The summed E-state index contributed by atoms with van der Waals surface area (Å²) in [5, 5.41) is 2.81. The Morgan fingerprint density at radius 3 is 2.76 bits per heavy atom. The zero-order valence-electron chi connectivity index (χ0n) is 12.8. The minimum Gasteiger partial charge on any atom is -0.465 e. The van der Waals surface area contributed by atoms with Crippen molar-refractivity contribution in [1.82, 2.24) is 4.90 Å². The number of carbonyl (C=O) groups is 2. The fraction of sp³-hybridized carbons (Fsp3) is 0.467. The first kappa shape index (κ1) is 17.1. The molecule has 0 saturated carbocycles. The number of likely N-dealkylation sites (N-methyl/N-ethyl adjacent to an activating group) is 1. The number of esters is 1. The van der Waals surface area contributed by atoms with Crippen molar-refractivity contribution in [1.29, 1.82) is 0 Å². The van der Waals surface area contributed by atoms with Gasteiger partial charge in [-0.2, -0.15) is 0 Å². The summed E-state index contributed by atoms with van der Waals surface area (Å²) >= 11 is 0. The summed E-state index contributed by atoms with van der Waals surface area (Å²) in [5.41, 5.74) is 7.21. The van der Waals surface area contributed by atoms with Crippen LogP contribution in [0.5, 0.6) is 0 Å². The fourth-order valence-corrected chi connectivity index (χ4v) is 1.77. The number of rotatable bonds is 7. The smallest absolute Gasteiger partial charge is 0.320 e. The normalized spacial score (nSPS) is 12.0. The van der Waals surface area contributed by atoms with Gasteiger partial charge in [0.2, 0.25) is 5.91 Å². The number of nitrogens with zero attached hydrogens (tertiary/aromatic N) is 1. The van der Waals surface area contributed by atoms with Gasteiger partial charge in [0.25, 0.3) is 0 Å². The molecule has 1 rings (SSSR count). The Morgan fingerprint density at radius 2 is 2.14 bits per heavy atom. The third kappa shape index (κ3) is 5.53. The molecule has 116 valence electrons. The van der Waals surface area contributed by atoms with Crippen LogP contribution < -0.4 is 11.1 Å². The minimum atomic E-state index is -0.448. The molecule has 0 radical (unpaired) electrons. The molecule has 0 heterocycles. The van der Waals surface area contributed by atoms with Crippen molar-refractivity contribution < 1.29 is 14.3 Å². The van der Waals surface area contributed by atoms with Gasteiger partial charge in [0.1, 0.15) is 0 Å². The Hall–Kier alpha value is -1.92. The van der Waals surface area contributed by atoms with Crippen LogP contribution in [-0.2, 0) is 20.9 Å². The number of ether oxygens (including phenoxy) is 1. The molecule has 21 heavy (non-hydrogen) atoms. The summed E-state index contributed by atoms with van der Waals surface area (Å²) in [6, 6.07) is 6.91. The van der Waals surface area contributed by atoms with Gasteiger partial charge in [-0.05, 0) is 38.6 Å². The SMILES string of the molecule is CCOC(=O)CN(C)C(C)C(=O)Nc1cccc(CN)c1. The third-order valence-corrected chi connectivity index (χ3v) is 3.15. The lowest BCUT2D eigenvalue weighted by Crippen LogP contribution is -2.42. The number of nitrogens with one attached hydrogen (secondary N) is 1. The highest BCUT2D eigenvalue weighted by atomic mass is 16.5. The Labute approximate surface area is 125 Å². The molecule has 0 fully saturated rings. The van der Waals surface area contributed by atoms with Gasteiger partial charge in [0, 0.05) is 12.2 Å². The first-order valence-electron chi connectivity index (χ1n) is 6.93. The summed E-state index contributed by atoms with van der Waals surface area (Å²) < 4.78 is 4.86. The number of hydrogen-bond donors (Lipinski definition) is 2. The minimum absolute atomic E-state index is 0.0747. The average molecular weight is 293 g/mol. The van der Waals surface area contributed by atoms with Crippen LogP contribution in [0, 0.1) is 0 Å². The van der Waals surface area contributed by atoms with Gasteiger partial charge in [0.15, 0.2) is 0 Å². The summed E-state index contributed by atoms with van der Waals surface area (Å²) in [4.78, 5) is 25.2. The Balaban J connectivity index is 2.59. The van der Waals surface area contributed by atoms with Gasteiger partial charge < -0.3 is 15.8 Å². The van der Waals surface area contributed by atoms with Crippen molar-refractivity contribution in [3.8, 4) is 0 Å². The number of amides is 1. The Kier molecular flexibility index (Phi) is 6.84. The molecule has 1 aromatic rings. The molecule has 1 amide bonds. The molecule has 0 spiro atoms. The first-order chi connectivity index (χ1) is 9.97. The number of benzene rings is 1. The summed E-state index contributed by atoms with van der Waals surface area (Å²) in [6.45, 7) is 4.31. The van der Waals surface area contributed by atoms with E-state index in [0.29, 0.717) is 18.8 Å². The molecule has 0 aliphatic heterocycles. The van der Waals surface area contributed by atoms with Crippen LogP contribution in [0.25, 0.3) is 0 Å². The molecule has 0 bridgehead atoms. The van der Waals surface area contributed by atoms with Crippen molar-refractivity contribution in [2.75, 3.05) is 25.5 Å². The number of hydrogen-bond acceptors (Lipinski definition) is 5. The van der Waals surface area contributed by atoms with Crippen molar-refractivity contribution >= 4 is 17.6 Å². The van der Waals surface area contributed by atoms with Gasteiger partial charge in [-0.1, -0.05) is 12.1 Å². The molecule has 1 unspecified atom stereocenters. The van der Waals surface area contributed by atoms with Gasteiger partial charge in [0.05, 0.1) is 19.2 Å². The van der Waals surface area contributed by atoms with Crippen molar-refractivity contribution in [3.05, 3.63) is 29.8 Å². The van der Waals surface area contributed by atoms with E-state index < -0.39 is 6.04 Å². The van der Waals surface area contributed by atoms with E-state index in [4.69, 9.17) is 10.5 Å². The molecular weight excluding hydrogens is 270 g/mol. The second kappa shape index (κ2) is 8.39. The lowest BCUT2D eigenvalue weighted by molar-refractivity contribution is -0.144. The maximum atomic E-state index is 12.2. The summed E-state index contributed by atoms with van der Waals surface area (Å²) in [6.07, 6.45) is 0. The standard InChI is InChI=1S/C15H23N3O3/c1-4-21-14(19)10-18(3)11(2)15(20)17-13-7-5-6-12(8-13)9-16/h5-8,11H,4,9-10,16H2,1-3H3,(H,17,20). The maximum Gasteiger partial charge on any atom is 0.320 e. The van der Waals surface area contributed by atoms with Crippen molar-refractivity contribution in [2.24, 2.45) is 5.73 Å². The topological polar surface area (TPSA) is 84.7 Å². The molecule has 0 aromatic heterocycles. The molecule has 0 aliphatic carbocycles. The van der Waals surface area contributed by atoms with Crippen molar-refractivity contribution in [3.63, 3.8) is 0 Å². The number of anilines is 1. The van der Waals surface area contributed by atoms with E-state index in [9.17, 15) is 9.59 Å². The highest BCUT2D eigenvalue weighted by Gasteiger charge is 2.20. The molecule has 1 atom stereocenters. The Bertz CT molecular complexity index is 491. The van der Waals surface area contributed by atoms with E-state index >= 15 is 0 Å². The molecule has 6 heteroatoms. The number of nitrogens with two attached hydrogens (primary N) is 1. The monoisotopic (exact) mass is 293 g/mol.